The maximum atomic E-state index is 10.6. The third-order valence-electron chi connectivity index (χ3n) is 1.50. The van der Waals surface area contributed by atoms with Crippen molar-refractivity contribution >= 4 is 17.7 Å². The summed E-state index contributed by atoms with van der Waals surface area (Å²) in [6, 6.07) is -0.367. The van der Waals surface area contributed by atoms with Gasteiger partial charge in [-0.2, -0.15) is 11.8 Å². The molecule has 1 unspecified atom stereocenters. The van der Waals surface area contributed by atoms with E-state index >= 15 is 0 Å². The van der Waals surface area contributed by atoms with Gasteiger partial charge in [-0.15, -0.1) is 0 Å². The van der Waals surface area contributed by atoms with Crippen molar-refractivity contribution in [3.63, 3.8) is 0 Å². The largest absolute Gasteiger partial charge is 0.480 e. The number of hydrogen-bond donors (Lipinski definition) is 2. The number of carboxylic acids is 1. The lowest BCUT2D eigenvalue weighted by molar-refractivity contribution is -0.139. The van der Waals surface area contributed by atoms with Crippen molar-refractivity contribution in [1.29, 1.82) is 0 Å². The molecule has 0 fully saturated rings. The van der Waals surface area contributed by atoms with Crippen LogP contribution in [-0.2, 0) is 4.79 Å². The van der Waals surface area contributed by atoms with Crippen LogP contribution in [0.15, 0.2) is 0 Å². The summed E-state index contributed by atoms with van der Waals surface area (Å²) >= 11 is 1.78. The van der Waals surface area contributed by atoms with Gasteiger partial charge in [-0.3, -0.25) is 4.79 Å². The summed E-state index contributed by atoms with van der Waals surface area (Å²) in [6.45, 7) is 4.71. The monoisotopic (exact) mass is 191 g/mol. The minimum atomic E-state index is -0.742. The number of rotatable bonds is 7. The normalized spacial score (nSPS) is 12.8. The van der Waals surface area contributed by atoms with Gasteiger partial charge in [0, 0.05) is 0 Å². The van der Waals surface area contributed by atoms with E-state index in [2.05, 4.69) is 12.2 Å². The Morgan fingerprint density at radius 2 is 2.25 bits per heavy atom. The van der Waals surface area contributed by atoms with E-state index < -0.39 is 5.97 Å². The Morgan fingerprint density at radius 3 is 2.67 bits per heavy atom. The topological polar surface area (TPSA) is 49.3 Å². The molecule has 0 radical (unpaired) electrons. The second kappa shape index (κ2) is 7.43. The van der Waals surface area contributed by atoms with Crippen LogP contribution >= 0.6 is 11.8 Å². The van der Waals surface area contributed by atoms with Crippen LogP contribution in [0.25, 0.3) is 0 Å². The molecule has 0 saturated carbocycles. The smallest absolute Gasteiger partial charge is 0.320 e. The van der Waals surface area contributed by atoms with Crippen molar-refractivity contribution in [3.8, 4) is 0 Å². The molecule has 0 rings (SSSR count). The first-order valence-electron chi connectivity index (χ1n) is 4.26. The van der Waals surface area contributed by atoms with Crippen molar-refractivity contribution in [2.45, 2.75) is 26.3 Å². The molecule has 4 heteroatoms. The van der Waals surface area contributed by atoms with Crippen molar-refractivity contribution < 1.29 is 9.90 Å². The molecule has 0 aromatic carbocycles. The summed E-state index contributed by atoms with van der Waals surface area (Å²) < 4.78 is 0. The van der Waals surface area contributed by atoms with Crippen LogP contribution in [0.2, 0.25) is 0 Å². The first-order chi connectivity index (χ1) is 5.72. The summed E-state index contributed by atoms with van der Waals surface area (Å²) in [4.78, 5) is 10.6. The van der Waals surface area contributed by atoms with Gasteiger partial charge in [-0.05, 0) is 24.5 Å². The van der Waals surface area contributed by atoms with E-state index in [-0.39, 0.29) is 6.04 Å². The van der Waals surface area contributed by atoms with Gasteiger partial charge in [0.1, 0.15) is 6.04 Å². The van der Waals surface area contributed by atoms with Crippen molar-refractivity contribution in [2.24, 2.45) is 0 Å². The molecule has 0 aliphatic heterocycles. The van der Waals surface area contributed by atoms with Gasteiger partial charge in [0.25, 0.3) is 0 Å². The summed E-state index contributed by atoms with van der Waals surface area (Å²) in [5, 5.41) is 11.7. The third kappa shape index (κ3) is 5.43. The molecule has 0 heterocycles. The highest BCUT2D eigenvalue weighted by atomic mass is 32.2. The molecule has 0 bridgehead atoms. The average molecular weight is 191 g/mol. The zero-order valence-electron chi connectivity index (χ0n) is 7.67. The van der Waals surface area contributed by atoms with Gasteiger partial charge in [-0.25, -0.2) is 0 Å². The van der Waals surface area contributed by atoms with Crippen molar-refractivity contribution in [3.05, 3.63) is 0 Å². The van der Waals surface area contributed by atoms with E-state index in [1.165, 1.54) is 0 Å². The zero-order valence-corrected chi connectivity index (χ0v) is 8.49. The van der Waals surface area contributed by atoms with Gasteiger partial charge in [0.15, 0.2) is 0 Å². The summed E-state index contributed by atoms with van der Waals surface area (Å²) in [5.74, 6) is 1.23. The van der Waals surface area contributed by atoms with E-state index in [1.54, 1.807) is 11.8 Å². The molecule has 72 valence electrons. The minimum Gasteiger partial charge on any atom is -0.480 e. The molecule has 1 atom stereocenters. The lowest BCUT2D eigenvalue weighted by Gasteiger charge is -2.11. The Labute approximate surface area is 77.9 Å². The second-order valence-corrected chi connectivity index (χ2v) is 3.83. The van der Waals surface area contributed by atoms with E-state index in [9.17, 15) is 4.79 Å². The Morgan fingerprint density at radius 1 is 1.58 bits per heavy atom. The predicted octanol–water partition coefficient (Wildman–Crippen LogP) is 1.19. The molecular formula is C8H17NO2S. The van der Waals surface area contributed by atoms with E-state index in [1.807, 2.05) is 6.92 Å². The third-order valence-corrected chi connectivity index (χ3v) is 2.44. The fourth-order valence-electron chi connectivity index (χ4n) is 0.905. The Kier molecular flexibility index (Phi) is 7.29. The van der Waals surface area contributed by atoms with Crippen LogP contribution in [0.5, 0.6) is 0 Å². The highest BCUT2D eigenvalue weighted by Gasteiger charge is 2.14. The van der Waals surface area contributed by atoms with Crippen LogP contribution < -0.4 is 5.32 Å². The molecule has 0 aliphatic rings. The molecule has 0 aromatic rings. The first kappa shape index (κ1) is 11.8. The predicted molar refractivity (Wildman–Crippen MR) is 52.7 cm³/mol. The van der Waals surface area contributed by atoms with Gasteiger partial charge in [0.2, 0.25) is 0 Å². The summed E-state index contributed by atoms with van der Waals surface area (Å²) in [5.41, 5.74) is 0. The van der Waals surface area contributed by atoms with E-state index in [0.29, 0.717) is 13.0 Å². The molecule has 0 aliphatic carbocycles. The SMILES string of the molecule is CCNC(CCSCC)C(=O)O. The van der Waals surface area contributed by atoms with Gasteiger partial charge < -0.3 is 10.4 Å². The number of likely N-dealkylation sites (N-methyl/N-ethyl adjacent to an activating group) is 1. The van der Waals surface area contributed by atoms with Gasteiger partial charge in [-0.1, -0.05) is 13.8 Å². The van der Waals surface area contributed by atoms with Crippen LogP contribution in [0.3, 0.4) is 0 Å². The fraction of sp³-hybridized carbons (Fsp3) is 0.875. The zero-order chi connectivity index (χ0) is 9.40. The number of nitrogens with one attached hydrogen (secondary N) is 1. The Balaban J connectivity index is 3.56. The maximum Gasteiger partial charge on any atom is 0.320 e. The van der Waals surface area contributed by atoms with Crippen LogP contribution in [0.1, 0.15) is 20.3 Å². The minimum absolute atomic E-state index is 0.367. The first-order valence-corrected chi connectivity index (χ1v) is 5.41. The summed E-state index contributed by atoms with van der Waals surface area (Å²) in [7, 11) is 0. The van der Waals surface area contributed by atoms with Crippen molar-refractivity contribution in [2.75, 3.05) is 18.1 Å². The number of thioether (sulfide) groups is 1. The molecule has 2 N–H and O–H groups in total. The lowest BCUT2D eigenvalue weighted by Crippen LogP contribution is -2.36. The van der Waals surface area contributed by atoms with Crippen LogP contribution in [0.4, 0.5) is 0 Å². The Bertz CT molecular complexity index is 130. The number of carbonyl (C=O) groups is 1. The highest BCUT2D eigenvalue weighted by molar-refractivity contribution is 7.99. The van der Waals surface area contributed by atoms with Crippen LogP contribution in [-0.4, -0.2) is 35.2 Å². The van der Waals surface area contributed by atoms with E-state index in [4.69, 9.17) is 5.11 Å². The van der Waals surface area contributed by atoms with E-state index in [0.717, 1.165) is 11.5 Å². The molecule has 3 nitrogen and oxygen atoms in total. The number of carboxylic acid groups (broad SMARTS) is 1. The number of aliphatic carboxylic acids is 1. The Hall–Kier alpha value is -0.220. The van der Waals surface area contributed by atoms with Gasteiger partial charge >= 0.3 is 5.97 Å². The van der Waals surface area contributed by atoms with Crippen molar-refractivity contribution in [1.82, 2.24) is 5.32 Å². The summed E-state index contributed by atoms with van der Waals surface area (Å²) in [6.07, 6.45) is 0.710. The standard InChI is InChI=1S/C8H17NO2S/c1-3-9-7(8(10)11)5-6-12-4-2/h7,9H,3-6H2,1-2H3,(H,10,11). The second-order valence-electron chi connectivity index (χ2n) is 2.43. The number of hydrogen-bond acceptors (Lipinski definition) is 3. The molecule has 0 aromatic heterocycles. The molecule has 12 heavy (non-hydrogen) atoms. The molecule has 0 saturated heterocycles. The fourth-order valence-corrected chi connectivity index (χ4v) is 1.60. The molecular weight excluding hydrogens is 174 g/mol. The average Bonchev–Trinajstić information content (AvgIpc) is 2.03. The van der Waals surface area contributed by atoms with Gasteiger partial charge in [0.05, 0.1) is 0 Å². The lowest BCUT2D eigenvalue weighted by atomic mass is 10.2. The highest BCUT2D eigenvalue weighted by Crippen LogP contribution is 2.04. The van der Waals surface area contributed by atoms with Crippen LogP contribution in [0, 0.1) is 0 Å². The quantitative estimate of drug-likeness (QED) is 0.594. The molecule has 0 spiro atoms. The maximum absolute atomic E-state index is 10.6. The molecule has 0 amide bonds.